The maximum absolute atomic E-state index is 13.3. The first-order valence-electron chi connectivity index (χ1n) is 11.6. The van der Waals surface area contributed by atoms with Gasteiger partial charge in [0.1, 0.15) is 18.2 Å². The zero-order chi connectivity index (χ0) is 23.7. The van der Waals surface area contributed by atoms with Crippen molar-refractivity contribution < 1.29 is 28.5 Å². The number of para-hydroxylation sites is 1. The average Bonchev–Trinajstić information content (AvgIpc) is 3.18. The van der Waals surface area contributed by atoms with Crippen LogP contribution in [0, 0.1) is 6.92 Å². The van der Waals surface area contributed by atoms with Crippen molar-refractivity contribution in [3.05, 3.63) is 52.3 Å². The van der Waals surface area contributed by atoms with E-state index in [-0.39, 0.29) is 11.5 Å². The Morgan fingerprint density at radius 3 is 2.62 bits per heavy atom. The summed E-state index contributed by atoms with van der Waals surface area (Å²) in [5.74, 6) is 2.65. The van der Waals surface area contributed by atoms with Gasteiger partial charge in [-0.15, -0.1) is 0 Å². The first-order valence-corrected chi connectivity index (χ1v) is 11.6. The first-order chi connectivity index (χ1) is 16.6. The minimum atomic E-state index is -0.142. The quantitative estimate of drug-likeness (QED) is 0.602. The molecule has 0 aromatic heterocycles. The van der Waals surface area contributed by atoms with Crippen molar-refractivity contribution in [2.45, 2.75) is 13.5 Å². The van der Waals surface area contributed by atoms with E-state index in [1.807, 2.05) is 31.2 Å². The largest absolute Gasteiger partial charge is 0.493 e. The predicted molar refractivity (Wildman–Crippen MR) is 127 cm³/mol. The number of methoxy groups -OCH3 is 2. The number of ketones is 1. The second-order valence-electron chi connectivity index (χ2n) is 8.67. The molecule has 3 heterocycles. The van der Waals surface area contributed by atoms with Crippen molar-refractivity contribution in [1.29, 1.82) is 0 Å². The molecule has 2 aromatic carbocycles. The minimum absolute atomic E-state index is 0.142. The Bertz CT molecular complexity index is 1120. The smallest absolute Gasteiger partial charge is 0.231 e. The molecule has 0 bridgehead atoms. The average molecular weight is 467 g/mol. The van der Waals surface area contributed by atoms with Crippen molar-refractivity contribution in [3.63, 3.8) is 0 Å². The monoisotopic (exact) mass is 466 g/mol. The van der Waals surface area contributed by atoms with Gasteiger partial charge in [-0.2, -0.15) is 0 Å². The Labute approximate surface area is 199 Å². The van der Waals surface area contributed by atoms with Gasteiger partial charge in [-0.05, 0) is 25.1 Å². The Kier molecular flexibility index (Phi) is 6.45. The van der Waals surface area contributed by atoms with Crippen LogP contribution in [0.25, 0.3) is 6.08 Å². The molecule has 2 aromatic rings. The number of allylic oxidation sites excluding steroid dienone is 1. The number of nitrogens with zero attached hydrogens (tertiary/aromatic N) is 2. The summed E-state index contributed by atoms with van der Waals surface area (Å²) in [7, 11) is 3.16. The van der Waals surface area contributed by atoms with E-state index in [0.29, 0.717) is 35.1 Å². The van der Waals surface area contributed by atoms with Crippen LogP contribution < -0.4 is 18.9 Å². The molecule has 0 atom stereocenters. The van der Waals surface area contributed by atoms with E-state index in [4.69, 9.17) is 23.7 Å². The lowest BCUT2D eigenvalue weighted by atomic mass is 10.00. The molecule has 0 spiro atoms. The van der Waals surface area contributed by atoms with Crippen LogP contribution in [0.15, 0.2) is 30.0 Å². The van der Waals surface area contributed by atoms with E-state index >= 15 is 0 Å². The number of hydrogen-bond donors (Lipinski definition) is 0. The molecule has 0 saturated carbocycles. The van der Waals surface area contributed by atoms with E-state index in [9.17, 15) is 4.79 Å². The molecular weight excluding hydrogens is 436 g/mol. The van der Waals surface area contributed by atoms with E-state index in [0.717, 1.165) is 62.8 Å². The molecule has 180 valence electrons. The molecule has 0 N–H and O–H groups in total. The van der Waals surface area contributed by atoms with Crippen LogP contribution in [-0.4, -0.2) is 75.9 Å². The molecule has 1 fully saturated rings. The number of rotatable bonds is 6. The van der Waals surface area contributed by atoms with Crippen molar-refractivity contribution in [1.82, 2.24) is 9.80 Å². The number of morpholine rings is 1. The van der Waals surface area contributed by atoms with Gasteiger partial charge in [0.2, 0.25) is 5.78 Å². The Morgan fingerprint density at radius 1 is 1.06 bits per heavy atom. The highest BCUT2D eigenvalue weighted by Crippen LogP contribution is 2.43. The van der Waals surface area contributed by atoms with Crippen LogP contribution in [0.4, 0.5) is 0 Å². The SMILES string of the molecule is COc1cccc(/C=C2\Oc3c(cc4c(c3C)OCN(CCN3CCOCC3)C4)C2=O)c1OC. The molecule has 5 rings (SSSR count). The summed E-state index contributed by atoms with van der Waals surface area (Å²) >= 11 is 0. The lowest BCUT2D eigenvalue weighted by Crippen LogP contribution is -2.43. The molecule has 0 radical (unpaired) electrons. The predicted octanol–water partition coefficient (Wildman–Crippen LogP) is 3.11. The molecular formula is C26H30N2O6. The number of fused-ring (bicyclic) bond motifs is 2. The maximum atomic E-state index is 13.3. The lowest BCUT2D eigenvalue weighted by Gasteiger charge is -2.33. The second kappa shape index (κ2) is 9.66. The number of ether oxygens (including phenoxy) is 5. The van der Waals surface area contributed by atoms with Crippen LogP contribution in [0.1, 0.15) is 27.0 Å². The van der Waals surface area contributed by atoms with Gasteiger partial charge >= 0.3 is 0 Å². The molecule has 3 aliphatic heterocycles. The van der Waals surface area contributed by atoms with Gasteiger partial charge < -0.3 is 23.7 Å². The first kappa shape index (κ1) is 22.7. The van der Waals surface area contributed by atoms with Crippen molar-refractivity contribution in [2.24, 2.45) is 0 Å². The van der Waals surface area contributed by atoms with E-state index in [1.165, 1.54) is 0 Å². The summed E-state index contributed by atoms with van der Waals surface area (Å²) in [4.78, 5) is 17.9. The third-order valence-corrected chi connectivity index (χ3v) is 6.56. The third-order valence-electron chi connectivity index (χ3n) is 6.56. The zero-order valence-corrected chi connectivity index (χ0v) is 19.9. The summed E-state index contributed by atoms with van der Waals surface area (Å²) in [6, 6.07) is 7.45. The van der Waals surface area contributed by atoms with Gasteiger partial charge in [0, 0.05) is 49.4 Å². The summed E-state index contributed by atoms with van der Waals surface area (Å²) in [6.45, 7) is 8.62. The highest BCUT2D eigenvalue weighted by molar-refractivity contribution is 6.15. The van der Waals surface area contributed by atoms with E-state index in [2.05, 4.69) is 9.80 Å². The van der Waals surface area contributed by atoms with E-state index < -0.39 is 0 Å². The summed E-state index contributed by atoms with van der Waals surface area (Å²) in [5.41, 5.74) is 3.16. The second-order valence-corrected chi connectivity index (χ2v) is 8.67. The maximum Gasteiger partial charge on any atom is 0.231 e. The van der Waals surface area contributed by atoms with Gasteiger partial charge in [0.05, 0.1) is 33.0 Å². The standard InChI is InChI=1S/C26H30N2O6/c1-17-24-19(15-28(16-33-24)8-7-27-9-11-32-12-10-27)13-20-23(29)22(34-25(17)20)14-18-5-4-6-21(30-2)26(18)31-3/h4-6,13-14H,7-12,15-16H2,1-3H3/b22-14-. The van der Waals surface area contributed by atoms with Crippen molar-refractivity contribution >= 4 is 11.9 Å². The number of carbonyl (C=O) groups excluding carboxylic acids is 1. The van der Waals surface area contributed by atoms with Crippen LogP contribution in [-0.2, 0) is 11.3 Å². The highest BCUT2D eigenvalue weighted by Gasteiger charge is 2.34. The topological polar surface area (TPSA) is 69.7 Å². The van der Waals surface area contributed by atoms with Gasteiger partial charge in [-0.3, -0.25) is 14.6 Å². The van der Waals surface area contributed by atoms with Crippen LogP contribution >= 0.6 is 0 Å². The van der Waals surface area contributed by atoms with Gasteiger partial charge in [0.25, 0.3) is 0 Å². The van der Waals surface area contributed by atoms with Gasteiger partial charge in [0.15, 0.2) is 17.3 Å². The van der Waals surface area contributed by atoms with Gasteiger partial charge in [-0.25, -0.2) is 0 Å². The van der Waals surface area contributed by atoms with Crippen LogP contribution in [0.5, 0.6) is 23.0 Å². The fourth-order valence-electron chi connectivity index (χ4n) is 4.71. The Morgan fingerprint density at radius 2 is 1.85 bits per heavy atom. The third kappa shape index (κ3) is 4.24. The molecule has 0 aliphatic carbocycles. The minimum Gasteiger partial charge on any atom is -0.493 e. The Hall–Kier alpha value is -3.07. The number of benzene rings is 2. The number of carbonyl (C=O) groups is 1. The number of Topliss-reactive ketones (excluding diaryl/α,β-unsaturated/α-hetero) is 1. The zero-order valence-electron chi connectivity index (χ0n) is 19.9. The van der Waals surface area contributed by atoms with E-state index in [1.54, 1.807) is 20.3 Å². The highest BCUT2D eigenvalue weighted by atomic mass is 16.5. The van der Waals surface area contributed by atoms with Gasteiger partial charge in [-0.1, -0.05) is 12.1 Å². The molecule has 1 saturated heterocycles. The summed E-state index contributed by atoms with van der Waals surface area (Å²) in [6.07, 6.45) is 1.71. The van der Waals surface area contributed by atoms with Crippen LogP contribution in [0.2, 0.25) is 0 Å². The fourth-order valence-corrected chi connectivity index (χ4v) is 4.71. The molecule has 8 nitrogen and oxygen atoms in total. The summed E-state index contributed by atoms with van der Waals surface area (Å²) in [5, 5.41) is 0. The van der Waals surface area contributed by atoms with Crippen molar-refractivity contribution in [2.75, 3.05) is 60.3 Å². The number of hydrogen-bond acceptors (Lipinski definition) is 8. The molecule has 0 unspecified atom stereocenters. The summed E-state index contributed by atoms with van der Waals surface area (Å²) < 4.78 is 28.5. The lowest BCUT2D eigenvalue weighted by molar-refractivity contribution is 0.0239. The molecule has 8 heteroatoms. The van der Waals surface area contributed by atoms with Crippen molar-refractivity contribution in [3.8, 4) is 23.0 Å². The fraction of sp³-hybridized carbons (Fsp3) is 0.423. The molecule has 34 heavy (non-hydrogen) atoms. The molecule has 3 aliphatic rings. The normalized spacial score (nSPS) is 19.4. The molecule has 0 amide bonds. The van der Waals surface area contributed by atoms with Crippen LogP contribution in [0.3, 0.4) is 0 Å². The Balaban J connectivity index is 1.36.